The van der Waals surface area contributed by atoms with E-state index < -0.39 is 12.6 Å². The number of methoxy groups -OCH3 is 1. The van der Waals surface area contributed by atoms with Crippen molar-refractivity contribution < 1.29 is 18.3 Å². The lowest BCUT2D eigenvalue weighted by atomic mass is 10.0. The first-order chi connectivity index (χ1) is 13.5. The highest BCUT2D eigenvalue weighted by atomic mass is 32.1. The number of thiazole rings is 1. The monoisotopic (exact) mass is 410 g/mol. The van der Waals surface area contributed by atoms with Gasteiger partial charge in [-0.2, -0.15) is 8.78 Å². The topological polar surface area (TPSA) is 105 Å². The Labute approximate surface area is 164 Å². The van der Waals surface area contributed by atoms with Crippen molar-refractivity contribution in [3.05, 3.63) is 39.6 Å². The van der Waals surface area contributed by atoms with Crippen molar-refractivity contribution >= 4 is 29.5 Å². The third-order valence-electron chi connectivity index (χ3n) is 4.38. The lowest BCUT2D eigenvalue weighted by Gasteiger charge is -2.27. The number of alkyl carbamates (subject to hydrolysis) is 1. The van der Waals surface area contributed by atoms with Gasteiger partial charge in [-0.1, -0.05) is 0 Å². The fourth-order valence-corrected chi connectivity index (χ4v) is 3.80. The van der Waals surface area contributed by atoms with E-state index in [1.165, 1.54) is 24.5 Å². The van der Waals surface area contributed by atoms with Crippen LogP contribution < -0.4 is 11.1 Å². The zero-order chi connectivity index (χ0) is 20.1. The van der Waals surface area contributed by atoms with Crippen LogP contribution in [0.4, 0.5) is 13.6 Å². The van der Waals surface area contributed by atoms with E-state index in [1.807, 2.05) is 10.3 Å². The first-order valence-corrected chi connectivity index (χ1v) is 9.40. The largest absolute Gasteiger partial charge is 0.453 e. The lowest BCUT2D eigenvalue weighted by molar-refractivity contribution is 0.160. The Morgan fingerprint density at radius 2 is 2.43 bits per heavy atom. The molecule has 8 nitrogen and oxygen atoms in total. The maximum Gasteiger partial charge on any atom is 0.406 e. The molecule has 0 spiro atoms. The van der Waals surface area contributed by atoms with Gasteiger partial charge in [0.25, 0.3) is 0 Å². The minimum atomic E-state index is -2.78. The van der Waals surface area contributed by atoms with E-state index in [0.29, 0.717) is 31.8 Å². The van der Waals surface area contributed by atoms with Gasteiger partial charge in [0.15, 0.2) is 10.8 Å². The van der Waals surface area contributed by atoms with Gasteiger partial charge in [-0.25, -0.2) is 14.8 Å². The molecule has 1 saturated heterocycles. The summed E-state index contributed by atoms with van der Waals surface area (Å²) in [6, 6.07) is 0. The van der Waals surface area contributed by atoms with Gasteiger partial charge in [0.2, 0.25) is 0 Å². The number of carbonyl (C=O) groups is 1. The number of carbonyl (C=O) groups excluding carboxylic acids is 1. The van der Waals surface area contributed by atoms with Crippen LogP contribution in [0, 0.1) is 5.92 Å². The van der Waals surface area contributed by atoms with Crippen molar-refractivity contribution in [2.45, 2.75) is 13.0 Å². The quantitative estimate of drug-likeness (QED) is 0.551. The highest BCUT2D eigenvalue weighted by molar-refractivity contribution is 7.11. The van der Waals surface area contributed by atoms with E-state index in [9.17, 15) is 13.6 Å². The summed E-state index contributed by atoms with van der Waals surface area (Å²) in [6.45, 7) is -1.40. The summed E-state index contributed by atoms with van der Waals surface area (Å²) < 4.78 is 29.1. The summed E-state index contributed by atoms with van der Waals surface area (Å²) in [7, 11) is 1.31. The fourth-order valence-electron chi connectivity index (χ4n) is 3.15. The molecule has 2 aliphatic rings. The normalized spacial score (nSPS) is 20.0. The molecule has 150 valence electrons. The van der Waals surface area contributed by atoms with Crippen LogP contribution in [0.3, 0.4) is 0 Å². The predicted octanol–water partition coefficient (Wildman–Crippen LogP) is 1.97. The summed E-state index contributed by atoms with van der Waals surface area (Å²) in [6.07, 6.45) is 4.24. The Hall–Kier alpha value is -2.82. The number of amidine groups is 1. The van der Waals surface area contributed by atoms with Crippen LogP contribution >= 0.6 is 11.3 Å². The Morgan fingerprint density at radius 1 is 1.61 bits per heavy atom. The number of allylic oxidation sites excluding steroid dienone is 2. The van der Waals surface area contributed by atoms with Gasteiger partial charge in [0.1, 0.15) is 0 Å². The summed E-state index contributed by atoms with van der Waals surface area (Å²) in [4.78, 5) is 25.4. The molecule has 3 heterocycles. The molecule has 0 saturated carbocycles. The Kier molecular flexibility index (Phi) is 6.34. The zero-order valence-electron chi connectivity index (χ0n) is 15.1. The molecule has 1 aromatic rings. The second-order valence-corrected chi connectivity index (χ2v) is 7.05. The number of alkyl halides is 2. The first kappa shape index (κ1) is 19.9. The van der Waals surface area contributed by atoms with Crippen molar-refractivity contribution in [2.75, 3.05) is 26.7 Å². The van der Waals surface area contributed by atoms with Crippen LogP contribution in [0.25, 0.3) is 0 Å². The van der Waals surface area contributed by atoms with Crippen LogP contribution in [-0.4, -0.2) is 61.3 Å². The molecular formula is C17H20F2N6O2S. The summed E-state index contributed by atoms with van der Waals surface area (Å²) >= 11 is 1.48. The maximum absolute atomic E-state index is 12.2. The van der Waals surface area contributed by atoms with Crippen molar-refractivity contribution in [3.63, 3.8) is 0 Å². The number of hydrogen-bond acceptors (Lipinski definition) is 8. The molecule has 1 aromatic heterocycles. The third-order valence-corrected chi connectivity index (χ3v) is 5.15. The first-order valence-electron chi connectivity index (χ1n) is 8.52. The number of aliphatic imine (C=N–C) groups is 2. The average Bonchev–Trinajstić information content (AvgIpc) is 3.34. The molecule has 0 aromatic carbocycles. The fraction of sp³-hybridized carbons (Fsp3) is 0.412. The van der Waals surface area contributed by atoms with E-state index in [-0.39, 0.29) is 5.92 Å². The Bertz CT molecular complexity index is 835. The zero-order valence-corrected chi connectivity index (χ0v) is 16.0. The van der Waals surface area contributed by atoms with E-state index in [1.54, 1.807) is 6.20 Å². The SMILES string of the molecule is COC(=O)NCC1CC2=C(C(N)=CC=NC(F)F)CN=C(c3nccs3)N2C1. The highest BCUT2D eigenvalue weighted by Gasteiger charge is 2.36. The number of fused-ring (bicyclic) bond motifs is 1. The molecule has 0 aliphatic carbocycles. The second-order valence-electron chi connectivity index (χ2n) is 6.15. The number of halogens is 2. The molecule has 0 bridgehead atoms. The lowest BCUT2D eigenvalue weighted by Crippen LogP contribution is -2.35. The van der Waals surface area contributed by atoms with Gasteiger partial charge in [0.05, 0.1) is 13.7 Å². The predicted molar refractivity (Wildman–Crippen MR) is 103 cm³/mol. The molecule has 1 atom stereocenters. The van der Waals surface area contributed by atoms with Gasteiger partial charge >= 0.3 is 12.6 Å². The molecular weight excluding hydrogens is 390 g/mol. The Balaban J connectivity index is 1.85. The second kappa shape index (κ2) is 8.91. The maximum atomic E-state index is 12.2. The van der Waals surface area contributed by atoms with E-state index in [2.05, 4.69) is 25.0 Å². The molecule has 3 rings (SSSR count). The minimum absolute atomic E-state index is 0.120. The summed E-state index contributed by atoms with van der Waals surface area (Å²) in [5, 5.41) is 5.38. The molecule has 28 heavy (non-hydrogen) atoms. The van der Waals surface area contributed by atoms with Gasteiger partial charge < -0.3 is 20.7 Å². The number of nitrogens with zero attached hydrogens (tertiary/aromatic N) is 4. The molecule has 1 unspecified atom stereocenters. The Morgan fingerprint density at radius 3 is 3.11 bits per heavy atom. The van der Waals surface area contributed by atoms with Gasteiger partial charge in [-0.05, 0) is 18.4 Å². The van der Waals surface area contributed by atoms with Crippen molar-refractivity contribution in [3.8, 4) is 0 Å². The van der Waals surface area contributed by atoms with Crippen molar-refractivity contribution in [1.29, 1.82) is 0 Å². The van der Waals surface area contributed by atoms with Gasteiger partial charge in [0, 0.05) is 47.8 Å². The molecule has 11 heteroatoms. The molecule has 3 N–H and O–H groups in total. The number of hydrogen-bond donors (Lipinski definition) is 2. The van der Waals surface area contributed by atoms with Crippen LogP contribution in [-0.2, 0) is 4.74 Å². The van der Waals surface area contributed by atoms with Gasteiger partial charge in [-0.3, -0.25) is 4.99 Å². The smallest absolute Gasteiger partial charge is 0.406 e. The summed E-state index contributed by atoms with van der Waals surface area (Å²) in [5.74, 6) is 0.873. The van der Waals surface area contributed by atoms with Crippen LogP contribution in [0.2, 0.25) is 0 Å². The third kappa shape index (κ3) is 4.53. The van der Waals surface area contributed by atoms with Crippen molar-refractivity contribution in [1.82, 2.24) is 15.2 Å². The van der Waals surface area contributed by atoms with E-state index in [4.69, 9.17) is 5.73 Å². The van der Waals surface area contributed by atoms with Gasteiger partial charge in [-0.15, -0.1) is 11.3 Å². The van der Waals surface area contributed by atoms with E-state index >= 15 is 0 Å². The number of ether oxygens (including phenoxy) is 1. The van der Waals surface area contributed by atoms with Crippen LogP contribution in [0.1, 0.15) is 11.4 Å². The minimum Gasteiger partial charge on any atom is -0.453 e. The standard InChI is InChI=1S/C17H20F2N6O2S/c1-27-17(26)24-7-10-6-13-11(12(20)2-3-22-16(18)19)8-23-14(25(13)9-10)15-21-4-5-28-15/h2-5,10,16H,6-9,20H2,1H3,(H,24,26). The molecule has 0 radical (unpaired) electrons. The number of nitrogens with one attached hydrogen (secondary N) is 1. The van der Waals surface area contributed by atoms with E-state index in [0.717, 1.165) is 28.3 Å². The molecule has 1 fully saturated rings. The van der Waals surface area contributed by atoms with Crippen LogP contribution in [0.15, 0.2) is 44.6 Å². The van der Waals surface area contributed by atoms with Crippen LogP contribution in [0.5, 0.6) is 0 Å². The number of rotatable bonds is 6. The van der Waals surface area contributed by atoms with Crippen molar-refractivity contribution in [2.24, 2.45) is 21.6 Å². The number of aromatic nitrogens is 1. The number of nitrogens with two attached hydrogens (primary N) is 1. The molecule has 2 aliphatic heterocycles. The highest BCUT2D eigenvalue weighted by Crippen LogP contribution is 2.35. The average molecular weight is 410 g/mol. The summed E-state index contributed by atoms with van der Waals surface area (Å²) in [5.41, 5.74) is 8.17. The number of amides is 1. The molecule has 1 amide bonds.